The van der Waals surface area contributed by atoms with Crippen molar-refractivity contribution < 1.29 is 23.8 Å². The summed E-state index contributed by atoms with van der Waals surface area (Å²) in [7, 11) is 2.93. The van der Waals surface area contributed by atoms with Gasteiger partial charge in [-0.2, -0.15) is 0 Å². The molecule has 0 bridgehead atoms. The molecule has 0 radical (unpaired) electrons. The predicted molar refractivity (Wildman–Crippen MR) is 94.5 cm³/mol. The minimum Gasteiger partial charge on any atom is -0.410 e. The lowest BCUT2D eigenvalue weighted by atomic mass is 10.0. The Labute approximate surface area is 151 Å². The van der Waals surface area contributed by atoms with Gasteiger partial charge in [0.2, 0.25) is 6.29 Å². The molecule has 0 saturated heterocycles. The molecule has 136 valence electrons. The molecule has 1 aliphatic heterocycles. The fourth-order valence-corrected chi connectivity index (χ4v) is 2.95. The van der Waals surface area contributed by atoms with Crippen molar-refractivity contribution in [3.05, 3.63) is 53.2 Å². The summed E-state index contributed by atoms with van der Waals surface area (Å²) in [5.74, 6) is 0.929. The molecule has 2 aromatic rings. The van der Waals surface area contributed by atoms with Crippen LogP contribution in [0.5, 0.6) is 5.75 Å². The summed E-state index contributed by atoms with van der Waals surface area (Å²) in [6.07, 6.45) is 0.891. The third-order valence-electron chi connectivity index (χ3n) is 4.17. The molecule has 7 nitrogen and oxygen atoms in total. The highest BCUT2D eigenvalue weighted by Crippen LogP contribution is 2.31. The first kappa shape index (κ1) is 18.0. The number of rotatable bonds is 5. The van der Waals surface area contributed by atoms with Crippen LogP contribution >= 0.6 is 0 Å². The monoisotopic (exact) mass is 356 g/mol. The number of anilines is 1. The maximum Gasteiger partial charge on any atom is 0.420 e. The van der Waals surface area contributed by atoms with Gasteiger partial charge < -0.3 is 14.2 Å². The number of benzene rings is 1. The molecule has 7 heteroatoms. The number of pyridine rings is 1. The van der Waals surface area contributed by atoms with Crippen LogP contribution in [0.4, 0.5) is 10.6 Å². The molecule has 2 heterocycles. The molecule has 0 atom stereocenters. The van der Waals surface area contributed by atoms with E-state index in [-0.39, 0.29) is 0 Å². The first-order chi connectivity index (χ1) is 12.7. The van der Waals surface area contributed by atoms with E-state index in [1.165, 1.54) is 19.1 Å². The molecule has 1 aromatic carbocycles. The smallest absolute Gasteiger partial charge is 0.410 e. The molecular weight excluding hydrogens is 336 g/mol. The summed E-state index contributed by atoms with van der Waals surface area (Å²) >= 11 is 0. The summed E-state index contributed by atoms with van der Waals surface area (Å²) < 4.78 is 15.9. The molecule has 1 aliphatic rings. The number of aryl methyl sites for hydroxylation is 1. The molecule has 0 aliphatic carbocycles. The van der Waals surface area contributed by atoms with Crippen LogP contribution in [0.15, 0.2) is 36.4 Å². The van der Waals surface area contributed by atoms with Crippen molar-refractivity contribution in [1.82, 2.24) is 4.98 Å². The molecular formula is C19H20N2O5. The number of hydrogen-bond donors (Lipinski definition) is 0. The van der Waals surface area contributed by atoms with Gasteiger partial charge in [-0.3, -0.25) is 9.69 Å². The lowest BCUT2D eigenvalue weighted by Gasteiger charge is -2.29. The van der Waals surface area contributed by atoms with E-state index in [1.54, 1.807) is 30.3 Å². The number of fused-ring (bicyclic) bond motifs is 1. The number of carbonyl (C=O) groups is 2. The summed E-state index contributed by atoms with van der Waals surface area (Å²) in [5.41, 5.74) is 1.54. The van der Waals surface area contributed by atoms with Crippen LogP contribution in [0.1, 0.15) is 34.3 Å². The van der Waals surface area contributed by atoms with Crippen LogP contribution in [0.25, 0.3) is 0 Å². The number of amides is 1. The number of ether oxygens (including phenoxy) is 3. The van der Waals surface area contributed by atoms with E-state index >= 15 is 0 Å². The van der Waals surface area contributed by atoms with Gasteiger partial charge in [0.1, 0.15) is 17.3 Å². The van der Waals surface area contributed by atoms with Crippen molar-refractivity contribution in [2.75, 3.05) is 25.7 Å². The van der Waals surface area contributed by atoms with E-state index in [9.17, 15) is 9.59 Å². The van der Waals surface area contributed by atoms with Crippen LogP contribution < -0.4 is 9.64 Å². The zero-order chi connectivity index (χ0) is 18.5. The fraction of sp³-hybridized carbons (Fsp3) is 0.316. The number of hydrogen-bond acceptors (Lipinski definition) is 6. The van der Waals surface area contributed by atoms with Gasteiger partial charge in [-0.25, -0.2) is 9.78 Å². The van der Waals surface area contributed by atoms with E-state index < -0.39 is 12.4 Å². The average molecular weight is 356 g/mol. The lowest BCUT2D eigenvalue weighted by Crippen LogP contribution is -2.38. The second-order valence-corrected chi connectivity index (χ2v) is 5.80. The Morgan fingerprint density at radius 2 is 1.96 bits per heavy atom. The highest BCUT2D eigenvalue weighted by molar-refractivity contribution is 5.90. The third kappa shape index (κ3) is 3.58. The van der Waals surface area contributed by atoms with Gasteiger partial charge in [0.05, 0.1) is 0 Å². The zero-order valence-corrected chi connectivity index (χ0v) is 14.7. The third-order valence-corrected chi connectivity index (χ3v) is 4.17. The van der Waals surface area contributed by atoms with Crippen molar-refractivity contribution in [2.24, 2.45) is 0 Å². The van der Waals surface area contributed by atoms with E-state index in [0.29, 0.717) is 29.4 Å². The van der Waals surface area contributed by atoms with Crippen molar-refractivity contribution in [2.45, 2.75) is 19.1 Å². The fourth-order valence-electron chi connectivity index (χ4n) is 2.95. The Hall–Kier alpha value is -2.77. The number of carbonyl (C=O) groups excluding carboxylic acids is 2. The van der Waals surface area contributed by atoms with Gasteiger partial charge in [-0.1, -0.05) is 18.2 Å². The van der Waals surface area contributed by atoms with Gasteiger partial charge in [0.15, 0.2) is 6.29 Å². The van der Waals surface area contributed by atoms with E-state index in [2.05, 4.69) is 4.98 Å². The van der Waals surface area contributed by atoms with Crippen molar-refractivity contribution in [1.29, 1.82) is 0 Å². The predicted octanol–water partition coefficient (Wildman–Crippen LogP) is 3.14. The Bertz CT molecular complexity index is 790. The molecule has 0 saturated carbocycles. The van der Waals surface area contributed by atoms with E-state index in [4.69, 9.17) is 14.2 Å². The standard InChI is InChI=1S/C19H20N2O5/c1-24-18(25-2)16-14(12-22)11-13-7-6-10-21(17(13)20-16)19(23)26-15-8-4-3-5-9-15/h3-5,8-9,11-12,18H,6-7,10H2,1-2H3. The second-order valence-electron chi connectivity index (χ2n) is 5.80. The van der Waals surface area contributed by atoms with Crippen LogP contribution in [-0.4, -0.2) is 38.1 Å². The van der Waals surface area contributed by atoms with Crippen molar-refractivity contribution >= 4 is 18.2 Å². The quantitative estimate of drug-likeness (QED) is 0.605. The van der Waals surface area contributed by atoms with Gasteiger partial charge in [-0.15, -0.1) is 0 Å². The first-order valence-electron chi connectivity index (χ1n) is 8.27. The van der Waals surface area contributed by atoms with Crippen LogP contribution in [0.2, 0.25) is 0 Å². The first-order valence-corrected chi connectivity index (χ1v) is 8.27. The Balaban J connectivity index is 1.96. The van der Waals surface area contributed by atoms with Crippen molar-refractivity contribution in [3.8, 4) is 5.75 Å². The van der Waals surface area contributed by atoms with Gasteiger partial charge in [-0.05, 0) is 36.6 Å². The minimum atomic E-state index is -0.797. The maximum atomic E-state index is 12.6. The molecule has 0 fully saturated rings. The summed E-state index contributed by atoms with van der Waals surface area (Å²) in [6, 6.07) is 10.6. The molecule has 1 amide bonds. The lowest BCUT2D eigenvalue weighted by molar-refractivity contribution is -0.108. The van der Waals surface area contributed by atoms with Gasteiger partial charge in [0.25, 0.3) is 0 Å². The normalized spacial score (nSPS) is 13.4. The number of para-hydroxylation sites is 1. The summed E-state index contributed by atoms with van der Waals surface area (Å²) in [5, 5.41) is 0. The topological polar surface area (TPSA) is 78.0 Å². The SMILES string of the molecule is COC(OC)c1nc2c(cc1C=O)CCCN2C(=O)Oc1ccccc1. The molecule has 0 unspecified atom stereocenters. The Morgan fingerprint density at radius 3 is 2.62 bits per heavy atom. The number of aromatic nitrogens is 1. The highest BCUT2D eigenvalue weighted by atomic mass is 16.7. The number of nitrogens with zero attached hydrogens (tertiary/aromatic N) is 2. The maximum absolute atomic E-state index is 12.6. The van der Waals surface area contributed by atoms with Crippen LogP contribution in [-0.2, 0) is 15.9 Å². The van der Waals surface area contributed by atoms with E-state index in [0.717, 1.165) is 24.7 Å². The number of methoxy groups -OCH3 is 2. The molecule has 1 aromatic heterocycles. The molecule has 0 spiro atoms. The van der Waals surface area contributed by atoms with Crippen LogP contribution in [0.3, 0.4) is 0 Å². The highest BCUT2D eigenvalue weighted by Gasteiger charge is 2.29. The number of aldehydes is 1. The Morgan fingerprint density at radius 1 is 1.23 bits per heavy atom. The molecule has 0 N–H and O–H groups in total. The largest absolute Gasteiger partial charge is 0.420 e. The molecule has 3 rings (SSSR count). The Kier molecular flexibility index (Phi) is 5.60. The average Bonchev–Trinajstić information content (AvgIpc) is 2.68. The van der Waals surface area contributed by atoms with Crippen molar-refractivity contribution in [3.63, 3.8) is 0 Å². The zero-order valence-electron chi connectivity index (χ0n) is 14.7. The summed E-state index contributed by atoms with van der Waals surface area (Å²) in [4.78, 5) is 30.1. The van der Waals surface area contributed by atoms with Crippen LogP contribution in [0, 0.1) is 0 Å². The van der Waals surface area contributed by atoms with E-state index in [1.807, 2.05) is 6.07 Å². The minimum absolute atomic E-state index is 0.336. The summed E-state index contributed by atoms with van der Waals surface area (Å²) in [6.45, 7) is 0.482. The molecule has 26 heavy (non-hydrogen) atoms. The van der Waals surface area contributed by atoms with Gasteiger partial charge >= 0.3 is 6.09 Å². The second kappa shape index (κ2) is 8.07. The van der Waals surface area contributed by atoms with Gasteiger partial charge in [0, 0.05) is 26.3 Å².